The predicted octanol–water partition coefficient (Wildman–Crippen LogP) is 2.82. The quantitative estimate of drug-likeness (QED) is 0.712. The standard InChI is InChI=1S/C21H21N3O4/c1-14-10-11-16(21(26)24(14)2)19(25)23-13-15-7-6-12-22-20(15)28-18-9-5-4-8-17(18)27-3/h4-12H,13H2,1-3H3,(H,23,25). The zero-order valence-corrected chi connectivity index (χ0v) is 15.9. The molecule has 0 aliphatic heterocycles. The Morgan fingerprint density at radius 1 is 1.11 bits per heavy atom. The third-order valence-corrected chi connectivity index (χ3v) is 4.36. The second-order valence-corrected chi connectivity index (χ2v) is 6.16. The number of methoxy groups -OCH3 is 1. The number of benzene rings is 1. The van der Waals surface area contributed by atoms with E-state index in [0.717, 1.165) is 5.69 Å². The van der Waals surface area contributed by atoms with Crippen LogP contribution in [-0.4, -0.2) is 22.6 Å². The molecular formula is C21H21N3O4. The van der Waals surface area contributed by atoms with Crippen molar-refractivity contribution in [3.63, 3.8) is 0 Å². The number of amides is 1. The summed E-state index contributed by atoms with van der Waals surface area (Å²) in [5.41, 5.74) is 1.20. The molecule has 2 aromatic heterocycles. The fraction of sp³-hybridized carbons (Fsp3) is 0.190. The maximum absolute atomic E-state index is 12.5. The van der Waals surface area contributed by atoms with Gasteiger partial charge in [-0.3, -0.25) is 9.59 Å². The highest BCUT2D eigenvalue weighted by Gasteiger charge is 2.14. The molecular weight excluding hydrogens is 358 g/mol. The first-order valence-electron chi connectivity index (χ1n) is 8.71. The molecule has 1 N–H and O–H groups in total. The Morgan fingerprint density at radius 3 is 2.61 bits per heavy atom. The molecule has 0 bridgehead atoms. The minimum absolute atomic E-state index is 0.0872. The lowest BCUT2D eigenvalue weighted by atomic mass is 10.2. The summed E-state index contributed by atoms with van der Waals surface area (Å²) in [6, 6.07) is 14.0. The summed E-state index contributed by atoms with van der Waals surface area (Å²) < 4.78 is 12.6. The summed E-state index contributed by atoms with van der Waals surface area (Å²) in [5.74, 6) is 0.992. The summed E-state index contributed by atoms with van der Waals surface area (Å²) in [6.45, 7) is 1.97. The van der Waals surface area contributed by atoms with Crippen molar-refractivity contribution in [1.82, 2.24) is 14.9 Å². The smallest absolute Gasteiger partial charge is 0.263 e. The molecule has 7 nitrogen and oxygen atoms in total. The Balaban J connectivity index is 1.78. The van der Waals surface area contributed by atoms with Crippen LogP contribution in [-0.2, 0) is 13.6 Å². The molecule has 28 heavy (non-hydrogen) atoms. The van der Waals surface area contributed by atoms with Gasteiger partial charge in [0, 0.05) is 31.0 Å². The van der Waals surface area contributed by atoms with Crippen LogP contribution in [0.3, 0.4) is 0 Å². The topological polar surface area (TPSA) is 82.4 Å². The van der Waals surface area contributed by atoms with Gasteiger partial charge in [-0.2, -0.15) is 0 Å². The molecule has 7 heteroatoms. The number of carbonyl (C=O) groups excluding carboxylic acids is 1. The average molecular weight is 379 g/mol. The number of pyridine rings is 2. The van der Waals surface area contributed by atoms with Crippen LogP contribution in [0.5, 0.6) is 17.4 Å². The molecule has 2 heterocycles. The monoisotopic (exact) mass is 379 g/mol. The average Bonchev–Trinajstić information content (AvgIpc) is 2.71. The number of nitrogens with one attached hydrogen (secondary N) is 1. The molecule has 144 valence electrons. The number of carbonyl (C=O) groups is 1. The SMILES string of the molecule is COc1ccccc1Oc1ncccc1CNC(=O)c1ccc(C)n(C)c1=O. The van der Waals surface area contributed by atoms with Crippen LogP contribution >= 0.6 is 0 Å². The minimum atomic E-state index is -0.451. The Morgan fingerprint density at radius 2 is 1.86 bits per heavy atom. The van der Waals surface area contributed by atoms with Crippen LogP contribution < -0.4 is 20.3 Å². The van der Waals surface area contributed by atoms with Crippen molar-refractivity contribution in [1.29, 1.82) is 0 Å². The van der Waals surface area contributed by atoms with E-state index in [-0.39, 0.29) is 17.7 Å². The molecule has 0 spiro atoms. The second kappa shape index (κ2) is 8.39. The second-order valence-electron chi connectivity index (χ2n) is 6.16. The summed E-state index contributed by atoms with van der Waals surface area (Å²) in [5, 5.41) is 2.75. The molecule has 0 aliphatic carbocycles. The van der Waals surface area contributed by atoms with Gasteiger partial charge in [0.05, 0.1) is 7.11 Å². The number of rotatable bonds is 6. The molecule has 3 rings (SSSR count). The number of aromatic nitrogens is 2. The molecule has 0 aliphatic rings. The van der Waals surface area contributed by atoms with E-state index < -0.39 is 5.91 Å². The van der Waals surface area contributed by atoms with E-state index in [4.69, 9.17) is 9.47 Å². The third-order valence-electron chi connectivity index (χ3n) is 4.36. The molecule has 1 aromatic carbocycles. The van der Waals surface area contributed by atoms with Crippen molar-refractivity contribution in [3.05, 3.63) is 81.9 Å². The van der Waals surface area contributed by atoms with Gasteiger partial charge in [-0.05, 0) is 37.3 Å². The Kier molecular flexibility index (Phi) is 5.74. The fourth-order valence-electron chi connectivity index (χ4n) is 2.63. The van der Waals surface area contributed by atoms with Crippen LogP contribution in [0.25, 0.3) is 0 Å². The van der Waals surface area contributed by atoms with Crippen LogP contribution in [0.4, 0.5) is 0 Å². The highest BCUT2D eigenvalue weighted by molar-refractivity contribution is 5.93. The zero-order valence-electron chi connectivity index (χ0n) is 15.9. The third kappa shape index (κ3) is 4.03. The van der Waals surface area contributed by atoms with E-state index in [1.807, 2.05) is 12.1 Å². The van der Waals surface area contributed by atoms with E-state index in [9.17, 15) is 9.59 Å². The first-order valence-corrected chi connectivity index (χ1v) is 8.71. The Hall–Kier alpha value is -3.61. The number of nitrogens with zero attached hydrogens (tertiary/aromatic N) is 2. The lowest BCUT2D eigenvalue weighted by molar-refractivity contribution is 0.0948. The number of ether oxygens (including phenoxy) is 2. The molecule has 1 amide bonds. The number of aryl methyl sites for hydroxylation is 1. The number of hydrogen-bond acceptors (Lipinski definition) is 5. The van der Waals surface area contributed by atoms with Gasteiger partial charge in [-0.25, -0.2) is 4.98 Å². The zero-order chi connectivity index (χ0) is 20.1. The van der Waals surface area contributed by atoms with Crippen molar-refractivity contribution in [2.45, 2.75) is 13.5 Å². The highest BCUT2D eigenvalue weighted by Crippen LogP contribution is 2.31. The van der Waals surface area contributed by atoms with Crippen LogP contribution in [0.15, 0.2) is 59.5 Å². The number of para-hydroxylation sites is 2. The van der Waals surface area contributed by atoms with Gasteiger partial charge in [0.15, 0.2) is 11.5 Å². The predicted molar refractivity (Wildman–Crippen MR) is 105 cm³/mol. The van der Waals surface area contributed by atoms with Crippen LogP contribution in [0, 0.1) is 6.92 Å². The van der Waals surface area contributed by atoms with Crippen molar-refractivity contribution in [2.24, 2.45) is 7.05 Å². The van der Waals surface area contributed by atoms with Gasteiger partial charge in [0.25, 0.3) is 11.5 Å². The van der Waals surface area contributed by atoms with E-state index in [0.29, 0.717) is 22.9 Å². The van der Waals surface area contributed by atoms with Gasteiger partial charge in [0.2, 0.25) is 5.88 Å². The van der Waals surface area contributed by atoms with E-state index >= 15 is 0 Å². The maximum Gasteiger partial charge on any atom is 0.263 e. The first kappa shape index (κ1) is 19.2. The summed E-state index contributed by atoms with van der Waals surface area (Å²) >= 11 is 0. The fourth-order valence-corrected chi connectivity index (χ4v) is 2.63. The largest absolute Gasteiger partial charge is 0.493 e. The van der Waals surface area contributed by atoms with Crippen LogP contribution in [0.2, 0.25) is 0 Å². The first-order chi connectivity index (χ1) is 13.5. The molecule has 0 radical (unpaired) electrons. The van der Waals surface area contributed by atoms with Gasteiger partial charge in [0.1, 0.15) is 5.56 Å². The lowest BCUT2D eigenvalue weighted by Crippen LogP contribution is -2.32. The lowest BCUT2D eigenvalue weighted by Gasteiger charge is -2.13. The summed E-state index contributed by atoms with van der Waals surface area (Å²) in [4.78, 5) is 29.0. The van der Waals surface area contributed by atoms with Crippen molar-refractivity contribution in [2.75, 3.05) is 7.11 Å². The molecule has 0 saturated heterocycles. The molecule has 0 unspecified atom stereocenters. The maximum atomic E-state index is 12.5. The van der Waals surface area contributed by atoms with Crippen molar-refractivity contribution >= 4 is 5.91 Å². The Bertz CT molecular complexity index is 1060. The summed E-state index contributed by atoms with van der Waals surface area (Å²) in [7, 11) is 3.19. The number of hydrogen-bond donors (Lipinski definition) is 1. The van der Waals surface area contributed by atoms with Crippen molar-refractivity contribution in [3.8, 4) is 17.4 Å². The summed E-state index contributed by atoms with van der Waals surface area (Å²) in [6.07, 6.45) is 1.60. The van der Waals surface area contributed by atoms with Crippen molar-refractivity contribution < 1.29 is 14.3 Å². The van der Waals surface area contributed by atoms with Gasteiger partial charge < -0.3 is 19.4 Å². The van der Waals surface area contributed by atoms with Crippen LogP contribution in [0.1, 0.15) is 21.6 Å². The normalized spacial score (nSPS) is 10.4. The van der Waals surface area contributed by atoms with Gasteiger partial charge in [-0.1, -0.05) is 18.2 Å². The molecule has 0 fully saturated rings. The molecule has 0 saturated carbocycles. The van der Waals surface area contributed by atoms with Gasteiger partial charge >= 0.3 is 0 Å². The van der Waals surface area contributed by atoms with E-state index in [2.05, 4.69) is 10.3 Å². The Labute approximate surface area is 162 Å². The van der Waals surface area contributed by atoms with Gasteiger partial charge in [-0.15, -0.1) is 0 Å². The molecule has 3 aromatic rings. The van der Waals surface area contributed by atoms with E-state index in [1.165, 1.54) is 10.6 Å². The van der Waals surface area contributed by atoms with E-state index in [1.54, 1.807) is 57.6 Å². The highest BCUT2D eigenvalue weighted by atomic mass is 16.5. The molecule has 0 atom stereocenters. The minimum Gasteiger partial charge on any atom is -0.493 e.